The third kappa shape index (κ3) is 3.21. The van der Waals surface area contributed by atoms with Gasteiger partial charge in [0.2, 0.25) is 0 Å². The Bertz CT molecular complexity index is 645. The molecule has 1 amide bonds. The minimum atomic E-state index is -0.556. The number of carbonyl (C=O) groups excluding carboxylic acids is 1. The van der Waals surface area contributed by atoms with Crippen molar-refractivity contribution in [2.45, 2.75) is 0 Å². The Balaban J connectivity index is 2.00. The van der Waals surface area contributed by atoms with E-state index in [1.165, 1.54) is 12.1 Å². The van der Waals surface area contributed by atoms with Crippen molar-refractivity contribution in [1.29, 1.82) is 0 Å². The van der Waals surface area contributed by atoms with Crippen molar-refractivity contribution < 1.29 is 9.72 Å². The lowest BCUT2D eigenvalue weighted by Gasteiger charge is -2.08. The summed E-state index contributed by atoms with van der Waals surface area (Å²) >= 11 is 5.88. The Kier molecular flexibility index (Phi) is 4.11. The first-order valence-electron chi connectivity index (χ1n) is 5.49. The number of hydrogen-bond donors (Lipinski definition) is 2. The first-order valence-corrected chi connectivity index (χ1v) is 5.87. The minimum absolute atomic E-state index is 0.131. The maximum atomic E-state index is 11.8. The summed E-state index contributed by atoms with van der Waals surface area (Å²) in [6, 6.07) is 9.22. The average molecular weight is 293 g/mol. The molecule has 20 heavy (non-hydrogen) atoms. The van der Waals surface area contributed by atoms with Crippen LogP contribution >= 0.6 is 11.6 Å². The van der Waals surface area contributed by atoms with Crippen LogP contribution in [0.5, 0.6) is 0 Å². The van der Waals surface area contributed by atoms with E-state index in [4.69, 9.17) is 11.6 Å². The molecule has 102 valence electrons. The summed E-state index contributed by atoms with van der Waals surface area (Å²) in [4.78, 5) is 25.5. The molecule has 7 nitrogen and oxygen atoms in total. The van der Waals surface area contributed by atoms with E-state index >= 15 is 0 Å². The molecule has 0 aliphatic heterocycles. The zero-order valence-corrected chi connectivity index (χ0v) is 10.8. The van der Waals surface area contributed by atoms with Crippen molar-refractivity contribution in [2.75, 3.05) is 5.43 Å². The standard InChI is InChI=1S/C12H9ClN4O3/c13-10-4-2-1-3-9(10)12(18)16-15-11-6-5-8(7-14-11)17(19)20/h1-7H,(H,14,15)(H,16,18). The number of carbonyl (C=O) groups is 1. The maximum absolute atomic E-state index is 11.8. The Morgan fingerprint density at radius 3 is 2.60 bits per heavy atom. The number of rotatable bonds is 4. The van der Waals surface area contributed by atoms with Gasteiger partial charge < -0.3 is 0 Å². The predicted octanol–water partition coefficient (Wildman–Crippen LogP) is 2.40. The molecule has 0 unspecified atom stereocenters. The molecule has 0 atom stereocenters. The van der Waals surface area contributed by atoms with Gasteiger partial charge in [-0.2, -0.15) is 0 Å². The van der Waals surface area contributed by atoms with Gasteiger partial charge in [-0.25, -0.2) is 4.98 Å². The van der Waals surface area contributed by atoms with E-state index in [-0.39, 0.29) is 11.5 Å². The number of nitrogens with one attached hydrogen (secondary N) is 2. The lowest BCUT2D eigenvalue weighted by molar-refractivity contribution is -0.385. The number of halogens is 1. The molecule has 0 radical (unpaired) electrons. The lowest BCUT2D eigenvalue weighted by Crippen LogP contribution is -2.29. The predicted molar refractivity (Wildman–Crippen MR) is 73.4 cm³/mol. The van der Waals surface area contributed by atoms with E-state index in [9.17, 15) is 14.9 Å². The van der Waals surface area contributed by atoms with Gasteiger partial charge in [0.1, 0.15) is 12.0 Å². The number of hydrazine groups is 1. The van der Waals surface area contributed by atoms with E-state index in [1.54, 1.807) is 24.3 Å². The number of nitrogens with zero attached hydrogens (tertiary/aromatic N) is 2. The summed E-state index contributed by atoms with van der Waals surface area (Å²) < 4.78 is 0. The topological polar surface area (TPSA) is 97.2 Å². The maximum Gasteiger partial charge on any atom is 0.287 e. The fourth-order valence-electron chi connectivity index (χ4n) is 1.40. The first kappa shape index (κ1) is 13.8. The largest absolute Gasteiger partial charge is 0.287 e. The van der Waals surface area contributed by atoms with Gasteiger partial charge in [0, 0.05) is 6.07 Å². The number of aromatic nitrogens is 1. The number of hydrogen-bond acceptors (Lipinski definition) is 5. The fraction of sp³-hybridized carbons (Fsp3) is 0. The molecule has 1 aromatic carbocycles. The van der Waals surface area contributed by atoms with Gasteiger partial charge in [-0.05, 0) is 18.2 Å². The van der Waals surface area contributed by atoms with Crippen LogP contribution in [0.15, 0.2) is 42.6 Å². The molecule has 1 heterocycles. The van der Waals surface area contributed by atoms with Crippen LogP contribution in [0.2, 0.25) is 5.02 Å². The van der Waals surface area contributed by atoms with Crippen LogP contribution in [0.25, 0.3) is 0 Å². The molecule has 0 spiro atoms. The van der Waals surface area contributed by atoms with Crippen LogP contribution in [0.1, 0.15) is 10.4 Å². The number of amides is 1. The van der Waals surface area contributed by atoms with Gasteiger partial charge in [0.15, 0.2) is 0 Å². The zero-order valence-electron chi connectivity index (χ0n) is 10.0. The highest BCUT2D eigenvalue weighted by molar-refractivity contribution is 6.33. The normalized spacial score (nSPS) is 9.85. The van der Waals surface area contributed by atoms with E-state index in [2.05, 4.69) is 15.8 Å². The van der Waals surface area contributed by atoms with E-state index in [0.29, 0.717) is 10.6 Å². The SMILES string of the molecule is O=C(NNc1ccc([N+](=O)[O-])cn1)c1ccccc1Cl. The quantitative estimate of drug-likeness (QED) is 0.666. The van der Waals surface area contributed by atoms with E-state index in [1.807, 2.05) is 0 Å². The Labute approximate surface area is 118 Å². The van der Waals surface area contributed by atoms with Crippen molar-refractivity contribution in [1.82, 2.24) is 10.4 Å². The minimum Gasteiger partial charge on any atom is -0.282 e. The average Bonchev–Trinajstić information content (AvgIpc) is 2.45. The van der Waals surface area contributed by atoms with Crippen molar-refractivity contribution in [3.05, 3.63) is 63.3 Å². The lowest BCUT2D eigenvalue weighted by atomic mass is 10.2. The number of pyridine rings is 1. The zero-order chi connectivity index (χ0) is 14.5. The Morgan fingerprint density at radius 2 is 2.00 bits per heavy atom. The van der Waals surface area contributed by atoms with E-state index < -0.39 is 10.8 Å². The monoisotopic (exact) mass is 292 g/mol. The highest BCUT2D eigenvalue weighted by Gasteiger charge is 2.09. The molecule has 0 bridgehead atoms. The Morgan fingerprint density at radius 1 is 1.25 bits per heavy atom. The molecule has 2 aromatic rings. The molecule has 0 saturated carbocycles. The molecule has 2 N–H and O–H groups in total. The number of anilines is 1. The van der Waals surface area contributed by atoms with Crippen LogP contribution in [0.3, 0.4) is 0 Å². The fourth-order valence-corrected chi connectivity index (χ4v) is 1.62. The second-order valence-corrected chi connectivity index (χ2v) is 4.12. The number of nitro groups is 1. The third-order valence-corrected chi connectivity index (χ3v) is 2.71. The van der Waals surface area contributed by atoms with Gasteiger partial charge in [0.25, 0.3) is 11.6 Å². The summed E-state index contributed by atoms with van der Waals surface area (Å²) in [6.45, 7) is 0. The van der Waals surface area contributed by atoms with Crippen LogP contribution in [0, 0.1) is 10.1 Å². The highest BCUT2D eigenvalue weighted by atomic mass is 35.5. The van der Waals surface area contributed by atoms with Gasteiger partial charge in [-0.15, -0.1) is 0 Å². The third-order valence-electron chi connectivity index (χ3n) is 2.38. The summed E-state index contributed by atoms with van der Waals surface area (Å²) in [5, 5.41) is 10.8. The number of benzene rings is 1. The smallest absolute Gasteiger partial charge is 0.282 e. The molecule has 0 saturated heterocycles. The van der Waals surface area contributed by atoms with Crippen molar-refractivity contribution in [3.8, 4) is 0 Å². The highest BCUT2D eigenvalue weighted by Crippen LogP contribution is 2.15. The van der Waals surface area contributed by atoms with Crippen LogP contribution in [-0.2, 0) is 0 Å². The second kappa shape index (κ2) is 5.98. The summed E-state index contributed by atoms with van der Waals surface area (Å²) in [6.07, 6.45) is 1.09. The molecule has 8 heteroatoms. The van der Waals surface area contributed by atoms with Crippen LogP contribution in [0.4, 0.5) is 11.5 Å². The molecule has 0 aliphatic carbocycles. The summed E-state index contributed by atoms with van der Waals surface area (Å²) in [7, 11) is 0. The molecular formula is C12H9ClN4O3. The molecular weight excluding hydrogens is 284 g/mol. The molecule has 0 aliphatic rings. The van der Waals surface area contributed by atoms with Crippen molar-refractivity contribution in [3.63, 3.8) is 0 Å². The van der Waals surface area contributed by atoms with E-state index in [0.717, 1.165) is 6.20 Å². The van der Waals surface area contributed by atoms with Gasteiger partial charge >= 0.3 is 0 Å². The van der Waals surface area contributed by atoms with Gasteiger partial charge in [-0.1, -0.05) is 23.7 Å². The first-order chi connectivity index (χ1) is 9.58. The molecule has 1 aromatic heterocycles. The molecule has 0 fully saturated rings. The van der Waals surface area contributed by atoms with Gasteiger partial charge in [0.05, 0.1) is 15.5 Å². The second-order valence-electron chi connectivity index (χ2n) is 3.72. The molecule has 2 rings (SSSR count). The van der Waals surface area contributed by atoms with Crippen molar-refractivity contribution in [2.24, 2.45) is 0 Å². The summed E-state index contributed by atoms with van der Waals surface area (Å²) in [5.41, 5.74) is 5.12. The summed E-state index contributed by atoms with van der Waals surface area (Å²) in [5.74, 6) is -0.160. The van der Waals surface area contributed by atoms with Gasteiger partial charge in [-0.3, -0.25) is 25.8 Å². The van der Waals surface area contributed by atoms with Crippen LogP contribution in [-0.4, -0.2) is 15.8 Å². The van der Waals surface area contributed by atoms with Crippen molar-refractivity contribution >= 4 is 29.0 Å². The Hall–Kier alpha value is -2.67. The van der Waals surface area contributed by atoms with Crippen LogP contribution < -0.4 is 10.9 Å².